The fraction of sp³-hybridized carbons (Fsp3) is 0.562. The van der Waals surface area contributed by atoms with Crippen LogP contribution in [0.1, 0.15) is 42.7 Å². The Hall–Kier alpha value is -1.06. The summed E-state index contributed by atoms with van der Waals surface area (Å²) < 4.78 is 5.49. The van der Waals surface area contributed by atoms with E-state index in [1.54, 1.807) is 7.11 Å². The molecule has 0 aromatic heterocycles. The van der Waals surface area contributed by atoms with Gasteiger partial charge in [0, 0.05) is 24.9 Å². The molecule has 1 fully saturated rings. The Kier molecular flexibility index (Phi) is 6.50. The van der Waals surface area contributed by atoms with Crippen LogP contribution in [0.5, 0.6) is 5.75 Å². The molecule has 0 heterocycles. The molecule has 1 aliphatic carbocycles. The van der Waals surface area contributed by atoms with Crippen LogP contribution in [-0.2, 0) is 11.3 Å². The minimum absolute atomic E-state index is 0. The van der Waals surface area contributed by atoms with Gasteiger partial charge in [0.05, 0.1) is 7.11 Å². The lowest BCUT2D eigenvalue weighted by molar-refractivity contribution is -0.120. The van der Waals surface area contributed by atoms with Crippen LogP contribution in [0.2, 0.25) is 0 Å². The highest BCUT2D eigenvalue weighted by molar-refractivity contribution is 5.85. The molecule has 1 aliphatic rings. The molecular formula is C16H24ClNO2. The zero-order chi connectivity index (χ0) is 13.8. The van der Waals surface area contributed by atoms with E-state index >= 15 is 0 Å². The molecule has 1 unspecified atom stereocenters. The van der Waals surface area contributed by atoms with Crippen molar-refractivity contribution < 1.29 is 9.53 Å². The number of benzene rings is 1. The van der Waals surface area contributed by atoms with Crippen molar-refractivity contribution in [2.45, 2.75) is 38.1 Å². The monoisotopic (exact) mass is 297 g/mol. The van der Waals surface area contributed by atoms with Gasteiger partial charge < -0.3 is 9.64 Å². The largest absolute Gasteiger partial charge is 0.496 e. The van der Waals surface area contributed by atoms with Gasteiger partial charge in [0.2, 0.25) is 0 Å². The smallest absolute Gasteiger partial charge is 0.133 e. The number of nitrogens with zero attached hydrogens (tertiary/aromatic N) is 1. The molecule has 0 aliphatic heterocycles. The van der Waals surface area contributed by atoms with Crippen LogP contribution in [0.15, 0.2) is 18.2 Å². The second kappa shape index (κ2) is 7.65. The van der Waals surface area contributed by atoms with E-state index in [4.69, 9.17) is 4.74 Å². The van der Waals surface area contributed by atoms with Gasteiger partial charge in [-0.25, -0.2) is 0 Å². The number of methoxy groups -OCH3 is 1. The summed E-state index contributed by atoms with van der Waals surface area (Å²) in [5, 5.41) is 0. The third-order valence-corrected chi connectivity index (χ3v) is 3.75. The summed E-state index contributed by atoms with van der Waals surface area (Å²) in [6.07, 6.45) is 3.58. The van der Waals surface area contributed by atoms with E-state index in [1.165, 1.54) is 11.1 Å². The number of ether oxygens (including phenoxy) is 1. The molecule has 1 aromatic rings. The van der Waals surface area contributed by atoms with E-state index in [0.29, 0.717) is 18.1 Å². The number of Topliss-reactive ketones (excluding diaryl/α,β-unsaturated/α-hetero) is 1. The van der Waals surface area contributed by atoms with Gasteiger partial charge in [0.15, 0.2) is 0 Å². The van der Waals surface area contributed by atoms with Gasteiger partial charge in [0.1, 0.15) is 11.5 Å². The molecular weight excluding hydrogens is 274 g/mol. The molecule has 4 heteroatoms. The quantitative estimate of drug-likeness (QED) is 0.853. The number of carbonyl (C=O) groups is 1. The first-order chi connectivity index (χ1) is 9.10. The molecule has 1 saturated carbocycles. The first-order valence-corrected chi connectivity index (χ1v) is 6.93. The Bertz CT molecular complexity index is 460. The van der Waals surface area contributed by atoms with Crippen molar-refractivity contribution in [2.75, 3.05) is 21.2 Å². The lowest BCUT2D eigenvalue weighted by atomic mass is 9.83. The number of ketones is 1. The topological polar surface area (TPSA) is 29.5 Å². The first kappa shape index (κ1) is 17.0. The number of rotatable bonds is 4. The van der Waals surface area contributed by atoms with Gasteiger partial charge >= 0.3 is 0 Å². The molecule has 0 radical (unpaired) electrons. The Labute approximate surface area is 127 Å². The molecule has 0 N–H and O–H groups in total. The van der Waals surface area contributed by atoms with E-state index in [0.717, 1.165) is 31.6 Å². The third-order valence-electron chi connectivity index (χ3n) is 3.75. The minimum Gasteiger partial charge on any atom is -0.496 e. The number of carbonyl (C=O) groups excluding carboxylic acids is 1. The summed E-state index contributed by atoms with van der Waals surface area (Å²) in [5.41, 5.74) is 2.44. The van der Waals surface area contributed by atoms with Gasteiger partial charge in [-0.15, -0.1) is 12.4 Å². The Balaban J connectivity index is 0.00000200. The molecule has 0 spiro atoms. The zero-order valence-electron chi connectivity index (χ0n) is 12.5. The van der Waals surface area contributed by atoms with E-state index < -0.39 is 0 Å². The van der Waals surface area contributed by atoms with Crippen LogP contribution >= 0.6 is 12.4 Å². The van der Waals surface area contributed by atoms with E-state index in [2.05, 4.69) is 23.1 Å². The standard InChI is InChI=1S/C16H23NO2.ClH/c1-17(2)11-14-8-7-13(10-16(14)19-3)12-5-4-6-15(18)9-12;/h7-8,10,12H,4-6,9,11H2,1-3H3;1H. The van der Waals surface area contributed by atoms with Crippen LogP contribution in [0.25, 0.3) is 0 Å². The fourth-order valence-corrected chi connectivity index (χ4v) is 2.80. The molecule has 0 amide bonds. The lowest BCUT2D eigenvalue weighted by Crippen LogP contribution is -2.14. The maximum Gasteiger partial charge on any atom is 0.133 e. The van der Waals surface area contributed by atoms with E-state index in [9.17, 15) is 4.79 Å². The van der Waals surface area contributed by atoms with Gasteiger partial charge in [0.25, 0.3) is 0 Å². The second-order valence-electron chi connectivity index (χ2n) is 5.64. The van der Waals surface area contributed by atoms with Crippen molar-refractivity contribution in [1.29, 1.82) is 0 Å². The van der Waals surface area contributed by atoms with Gasteiger partial charge in [-0.3, -0.25) is 4.79 Å². The molecule has 2 rings (SSSR count). The van der Waals surface area contributed by atoms with Crippen LogP contribution in [0, 0.1) is 0 Å². The summed E-state index contributed by atoms with van der Waals surface area (Å²) in [6, 6.07) is 6.40. The van der Waals surface area contributed by atoms with Crippen molar-refractivity contribution in [3.63, 3.8) is 0 Å². The predicted octanol–water partition coefficient (Wildman–Crippen LogP) is 3.41. The molecule has 112 valence electrons. The maximum atomic E-state index is 11.6. The number of hydrogen-bond donors (Lipinski definition) is 0. The van der Waals surface area contributed by atoms with Crippen LogP contribution in [-0.4, -0.2) is 31.9 Å². The SMILES string of the molecule is COc1cc(C2CCCC(=O)C2)ccc1CN(C)C.Cl. The molecule has 0 saturated heterocycles. The fourth-order valence-electron chi connectivity index (χ4n) is 2.80. The van der Waals surface area contributed by atoms with Crippen molar-refractivity contribution in [3.05, 3.63) is 29.3 Å². The summed E-state index contributed by atoms with van der Waals surface area (Å²) in [5.74, 6) is 1.71. The van der Waals surface area contributed by atoms with Gasteiger partial charge in [-0.2, -0.15) is 0 Å². The molecule has 20 heavy (non-hydrogen) atoms. The second-order valence-corrected chi connectivity index (χ2v) is 5.64. The Morgan fingerprint density at radius 1 is 1.35 bits per heavy atom. The van der Waals surface area contributed by atoms with Crippen LogP contribution in [0.4, 0.5) is 0 Å². The zero-order valence-corrected chi connectivity index (χ0v) is 13.3. The first-order valence-electron chi connectivity index (χ1n) is 6.93. The van der Waals surface area contributed by atoms with E-state index in [1.807, 2.05) is 14.1 Å². The minimum atomic E-state index is 0. The van der Waals surface area contributed by atoms with Gasteiger partial charge in [-0.1, -0.05) is 12.1 Å². The van der Waals surface area contributed by atoms with Crippen molar-refractivity contribution in [2.24, 2.45) is 0 Å². The average Bonchev–Trinajstić information content (AvgIpc) is 2.38. The summed E-state index contributed by atoms with van der Waals surface area (Å²) in [6.45, 7) is 0.868. The lowest BCUT2D eigenvalue weighted by Gasteiger charge is -2.22. The van der Waals surface area contributed by atoms with Crippen molar-refractivity contribution in [1.82, 2.24) is 4.90 Å². The molecule has 3 nitrogen and oxygen atoms in total. The number of hydrogen-bond acceptors (Lipinski definition) is 3. The summed E-state index contributed by atoms with van der Waals surface area (Å²) in [4.78, 5) is 13.7. The average molecular weight is 298 g/mol. The highest BCUT2D eigenvalue weighted by Crippen LogP contribution is 2.33. The highest BCUT2D eigenvalue weighted by Gasteiger charge is 2.21. The van der Waals surface area contributed by atoms with Crippen molar-refractivity contribution in [3.8, 4) is 5.75 Å². The molecule has 0 bridgehead atoms. The summed E-state index contributed by atoms with van der Waals surface area (Å²) >= 11 is 0. The highest BCUT2D eigenvalue weighted by atomic mass is 35.5. The van der Waals surface area contributed by atoms with Crippen LogP contribution in [0.3, 0.4) is 0 Å². The maximum absolute atomic E-state index is 11.6. The number of halogens is 1. The molecule has 1 aromatic carbocycles. The third kappa shape index (κ3) is 4.22. The van der Waals surface area contributed by atoms with Gasteiger partial charge in [-0.05, 0) is 44.5 Å². The van der Waals surface area contributed by atoms with E-state index in [-0.39, 0.29) is 12.4 Å². The normalized spacial score (nSPS) is 18.8. The Morgan fingerprint density at radius 3 is 2.70 bits per heavy atom. The molecule has 1 atom stereocenters. The summed E-state index contributed by atoms with van der Waals surface area (Å²) in [7, 11) is 5.81. The Morgan fingerprint density at radius 2 is 2.10 bits per heavy atom. The van der Waals surface area contributed by atoms with Crippen molar-refractivity contribution >= 4 is 18.2 Å². The van der Waals surface area contributed by atoms with Crippen LogP contribution < -0.4 is 4.74 Å². The predicted molar refractivity (Wildman–Crippen MR) is 83.8 cm³/mol.